The molecule has 0 spiro atoms. The number of anilines is 1. The lowest BCUT2D eigenvalue weighted by Crippen LogP contribution is -2.10. The molecule has 2 rings (SSSR count). The molecule has 0 aliphatic heterocycles. The van der Waals surface area contributed by atoms with Crippen LogP contribution < -0.4 is 5.32 Å². The molecular weight excluding hydrogens is 254 g/mol. The number of aromatic nitrogens is 4. The SMILES string of the molecule is Cc1nc(NCCn2cc(C(=O)O)nn2)sc1C. The summed E-state index contributed by atoms with van der Waals surface area (Å²) < 4.78 is 1.49. The van der Waals surface area contributed by atoms with Gasteiger partial charge in [-0.15, -0.1) is 16.4 Å². The van der Waals surface area contributed by atoms with E-state index in [4.69, 9.17) is 5.11 Å². The van der Waals surface area contributed by atoms with Gasteiger partial charge in [-0.25, -0.2) is 14.5 Å². The Bertz CT molecular complexity index is 543. The molecular formula is C10H13N5O2S. The maximum Gasteiger partial charge on any atom is 0.358 e. The van der Waals surface area contributed by atoms with Gasteiger partial charge in [0.1, 0.15) is 0 Å². The summed E-state index contributed by atoms with van der Waals surface area (Å²) in [6.45, 7) is 5.15. The number of carboxylic acids is 1. The summed E-state index contributed by atoms with van der Waals surface area (Å²) in [7, 11) is 0. The molecule has 0 amide bonds. The van der Waals surface area contributed by atoms with Gasteiger partial charge in [0.25, 0.3) is 0 Å². The van der Waals surface area contributed by atoms with E-state index in [1.54, 1.807) is 11.3 Å². The number of rotatable bonds is 5. The van der Waals surface area contributed by atoms with Gasteiger partial charge in [0.15, 0.2) is 10.8 Å². The molecule has 0 aromatic carbocycles. The highest BCUT2D eigenvalue weighted by Crippen LogP contribution is 2.20. The van der Waals surface area contributed by atoms with Crippen LogP contribution in [0.2, 0.25) is 0 Å². The molecule has 0 aliphatic carbocycles. The smallest absolute Gasteiger partial charge is 0.358 e. The summed E-state index contributed by atoms with van der Waals surface area (Å²) in [6.07, 6.45) is 1.41. The van der Waals surface area contributed by atoms with Gasteiger partial charge in [0.05, 0.1) is 18.4 Å². The highest BCUT2D eigenvalue weighted by molar-refractivity contribution is 7.15. The van der Waals surface area contributed by atoms with Gasteiger partial charge in [-0.1, -0.05) is 5.21 Å². The van der Waals surface area contributed by atoms with Crippen molar-refractivity contribution in [1.82, 2.24) is 20.0 Å². The second kappa shape index (κ2) is 5.13. The van der Waals surface area contributed by atoms with Gasteiger partial charge in [0.2, 0.25) is 0 Å². The van der Waals surface area contributed by atoms with Crippen LogP contribution in [0.3, 0.4) is 0 Å². The van der Waals surface area contributed by atoms with Crippen LogP contribution >= 0.6 is 11.3 Å². The second-order valence-corrected chi connectivity index (χ2v) is 4.96. The van der Waals surface area contributed by atoms with Crippen molar-refractivity contribution in [3.8, 4) is 0 Å². The Morgan fingerprint density at radius 1 is 1.56 bits per heavy atom. The molecule has 2 heterocycles. The van der Waals surface area contributed by atoms with Crippen LogP contribution in [0.25, 0.3) is 0 Å². The quantitative estimate of drug-likeness (QED) is 0.844. The number of carbonyl (C=O) groups is 1. The Balaban J connectivity index is 1.86. The van der Waals surface area contributed by atoms with Crippen molar-refractivity contribution in [2.45, 2.75) is 20.4 Å². The van der Waals surface area contributed by atoms with E-state index in [0.717, 1.165) is 10.8 Å². The zero-order valence-electron chi connectivity index (χ0n) is 10.0. The standard InChI is InChI=1S/C10H13N5O2S/c1-6-7(2)18-10(12-6)11-3-4-15-5-8(9(16)17)13-14-15/h5H,3-4H2,1-2H3,(H,11,12)(H,16,17). The van der Waals surface area contributed by atoms with Crippen molar-refractivity contribution in [2.75, 3.05) is 11.9 Å². The van der Waals surface area contributed by atoms with Crippen LogP contribution in [0.4, 0.5) is 5.13 Å². The summed E-state index contributed by atoms with van der Waals surface area (Å²) in [5.74, 6) is -1.07. The van der Waals surface area contributed by atoms with Gasteiger partial charge in [-0.05, 0) is 13.8 Å². The van der Waals surface area contributed by atoms with Crippen molar-refractivity contribution >= 4 is 22.4 Å². The van der Waals surface area contributed by atoms with Crippen LogP contribution in [-0.4, -0.2) is 37.6 Å². The molecule has 0 unspecified atom stereocenters. The minimum absolute atomic E-state index is 0.0454. The van der Waals surface area contributed by atoms with E-state index in [2.05, 4.69) is 20.6 Å². The fourth-order valence-corrected chi connectivity index (χ4v) is 2.17. The first-order chi connectivity index (χ1) is 8.56. The van der Waals surface area contributed by atoms with E-state index in [1.807, 2.05) is 13.8 Å². The molecule has 2 aromatic heterocycles. The maximum atomic E-state index is 10.6. The fourth-order valence-electron chi connectivity index (χ4n) is 1.33. The molecule has 7 nitrogen and oxygen atoms in total. The number of aryl methyl sites for hydroxylation is 2. The van der Waals surface area contributed by atoms with Gasteiger partial charge >= 0.3 is 5.97 Å². The Morgan fingerprint density at radius 2 is 2.33 bits per heavy atom. The Morgan fingerprint density at radius 3 is 2.89 bits per heavy atom. The Kier molecular flexibility index (Phi) is 3.56. The van der Waals surface area contributed by atoms with E-state index in [1.165, 1.54) is 15.8 Å². The minimum atomic E-state index is -1.07. The predicted octanol–water partition coefficient (Wildman–Crippen LogP) is 1.16. The molecule has 0 radical (unpaired) electrons. The number of hydrogen-bond donors (Lipinski definition) is 2. The molecule has 8 heteroatoms. The summed E-state index contributed by atoms with van der Waals surface area (Å²) in [4.78, 5) is 16.1. The molecule has 0 fully saturated rings. The normalized spacial score (nSPS) is 10.6. The summed E-state index contributed by atoms with van der Waals surface area (Å²) in [5, 5.41) is 20.0. The molecule has 0 saturated heterocycles. The van der Waals surface area contributed by atoms with Crippen LogP contribution in [0.1, 0.15) is 21.1 Å². The third-order valence-electron chi connectivity index (χ3n) is 2.40. The van der Waals surface area contributed by atoms with Gasteiger partial charge in [-0.2, -0.15) is 0 Å². The fraction of sp³-hybridized carbons (Fsp3) is 0.400. The molecule has 0 atom stereocenters. The molecule has 0 saturated carbocycles. The largest absolute Gasteiger partial charge is 0.476 e. The molecule has 18 heavy (non-hydrogen) atoms. The zero-order chi connectivity index (χ0) is 13.1. The van der Waals surface area contributed by atoms with E-state index in [0.29, 0.717) is 13.1 Å². The number of nitrogens with one attached hydrogen (secondary N) is 1. The highest BCUT2D eigenvalue weighted by Gasteiger charge is 2.08. The average molecular weight is 267 g/mol. The van der Waals surface area contributed by atoms with Gasteiger partial charge in [-0.3, -0.25) is 0 Å². The maximum absolute atomic E-state index is 10.6. The first kappa shape index (κ1) is 12.5. The van der Waals surface area contributed by atoms with E-state index >= 15 is 0 Å². The van der Waals surface area contributed by atoms with Gasteiger partial charge < -0.3 is 10.4 Å². The van der Waals surface area contributed by atoms with Crippen LogP contribution in [0, 0.1) is 13.8 Å². The minimum Gasteiger partial charge on any atom is -0.476 e. The van der Waals surface area contributed by atoms with E-state index in [9.17, 15) is 4.79 Å². The zero-order valence-corrected chi connectivity index (χ0v) is 10.9. The lowest BCUT2D eigenvalue weighted by atomic mass is 10.4. The Hall–Kier alpha value is -1.96. The van der Waals surface area contributed by atoms with E-state index in [-0.39, 0.29) is 5.69 Å². The summed E-state index contributed by atoms with van der Waals surface area (Å²) >= 11 is 1.60. The first-order valence-electron chi connectivity index (χ1n) is 5.37. The molecule has 2 aromatic rings. The third-order valence-corrected chi connectivity index (χ3v) is 3.43. The third kappa shape index (κ3) is 2.83. The number of aromatic carboxylic acids is 1. The molecule has 96 valence electrons. The summed E-state index contributed by atoms with van der Waals surface area (Å²) in [6, 6.07) is 0. The van der Waals surface area contributed by atoms with Crippen molar-refractivity contribution in [2.24, 2.45) is 0 Å². The predicted molar refractivity (Wildman–Crippen MR) is 67.1 cm³/mol. The molecule has 0 aliphatic rings. The van der Waals surface area contributed by atoms with Crippen molar-refractivity contribution in [3.05, 3.63) is 22.5 Å². The average Bonchev–Trinajstić information content (AvgIpc) is 2.88. The lowest BCUT2D eigenvalue weighted by Gasteiger charge is -2.01. The van der Waals surface area contributed by atoms with Crippen LogP contribution in [-0.2, 0) is 6.54 Å². The number of thiazole rings is 1. The topological polar surface area (TPSA) is 92.9 Å². The van der Waals surface area contributed by atoms with Crippen molar-refractivity contribution in [3.63, 3.8) is 0 Å². The van der Waals surface area contributed by atoms with Gasteiger partial charge in [0, 0.05) is 11.4 Å². The van der Waals surface area contributed by atoms with Crippen molar-refractivity contribution < 1.29 is 9.90 Å². The van der Waals surface area contributed by atoms with Crippen LogP contribution in [0.15, 0.2) is 6.20 Å². The Labute approximate surface area is 107 Å². The number of nitrogens with zero attached hydrogens (tertiary/aromatic N) is 4. The van der Waals surface area contributed by atoms with Crippen molar-refractivity contribution in [1.29, 1.82) is 0 Å². The van der Waals surface area contributed by atoms with Crippen LogP contribution in [0.5, 0.6) is 0 Å². The number of carboxylic acid groups (broad SMARTS) is 1. The highest BCUT2D eigenvalue weighted by atomic mass is 32.1. The lowest BCUT2D eigenvalue weighted by molar-refractivity contribution is 0.0690. The molecule has 0 bridgehead atoms. The summed E-state index contributed by atoms with van der Waals surface area (Å²) in [5.41, 5.74) is 0.979. The number of hydrogen-bond acceptors (Lipinski definition) is 6. The second-order valence-electron chi connectivity index (χ2n) is 3.76. The monoisotopic (exact) mass is 267 g/mol. The first-order valence-corrected chi connectivity index (χ1v) is 6.19. The van der Waals surface area contributed by atoms with E-state index < -0.39 is 5.97 Å². The molecule has 2 N–H and O–H groups in total.